The van der Waals surface area contributed by atoms with E-state index in [1.54, 1.807) is 6.07 Å². The molecule has 130 valence electrons. The minimum atomic E-state index is -0.357. The van der Waals surface area contributed by atoms with Crippen LogP contribution in [0.5, 0.6) is 0 Å². The van der Waals surface area contributed by atoms with Gasteiger partial charge in [-0.15, -0.1) is 0 Å². The van der Waals surface area contributed by atoms with Crippen LogP contribution in [0.4, 0.5) is 4.79 Å². The topological polar surface area (TPSA) is 64.9 Å². The lowest BCUT2D eigenvalue weighted by Gasteiger charge is -2.31. The molecule has 0 fully saturated rings. The summed E-state index contributed by atoms with van der Waals surface area (Å²) in [4.78, 5) is 12.4. The Morgan fingerprint density at radius 1 is 0.815 bits per heavy atom. The lowest BCUT2D eigenvalue weighted by Crippen LogP contribution is -2.43. The number of rotatable bonds is 3. The van der Waals surface area contributed by atoms with E-state index in [9.17, 15) is 10.1 Å². The lowest BCUT2D eigenvalue weighted by molar-refractivity contribution is 0.242. The summed E-state index contributed by atoms with van der Waals surface area (Å²) < 4.78 is 0. The SMILES string of the molecule is N#Cc1cccc(C2NC(=O)NC(c3ccccc3)=C2c2ccccc2)c1. The predicted molar refractivity (Wildman–Crippen MR) is 105 cm³/mol. The largest absolute Gasteiger partial charge is 0.327 e. The second kappa shape index (κ2) is 7.19. The molecule has 0 aromatic heterocycles. The number of nitrogens with one attached hydrogen (secondary N) is 2. The number of nitriles is 1. The molecule has 3 aromatic carbocycles. The summed E-state index contributed by atoms with van der Waals surface area (Å²) in [6, 6.07) is 28.7. The van der Waals surface area contributed by atoms with E-state index in [0.717, 1.165) is 28.0 Å². The van der Waals surface area contributed by atoms with Gasteiger partial charge in [-0.25, -0.2) is 4.79 Å². The number of carbonyl (C=O) groups is 1. The van der Waals surface area contributed by atoms with Crippen molar-refractivity contribution in [2.75, 3.05) is 0 Å². The molecular formula is C23H17N3O. The van der Waals surface area contributed by atoms with E-state index in [0.29, 0.717) is 5.56 Å². The molecule has 27 heavy (non-hydrogen) atoms. The van der Waals surface area contributed by atoms with E-state index < -0.39 is 0 Å². The van der Waals surface area contributed by atoms with Crippen molar-refractivity contribution in [3.8, 4) is 6.07 Å². The van der Waals surface area contributed by atoms with Crippen LogP contribution in [-0.4, -0.2) is 6.03 Å². The number of carbonyl (C=O) groups excluding carboxylic acids is 1. The third-order valence-corrected chi connectivity index (χ3v) is 4.57. The van der Waals surface area contributed by atoms with Crippen molar-refractivity contribution < 1.29 is 4.79 Å². The van der Waals surface area contributed by atoms with Crippen molar-refractivity contribution in [1.29, 1.82) is 5.26 Å². The molecule has 1 heterocycles. The third kappa shape index (κ3) is 3.31. The van der Waals surface area contributed by atoms with Gasteiger partial charge in [-0.1, -0.05) is 72.8 Å². The van der Waals surface area contributed by atoms with E-state index in [1.807, 2.05) is 78.9 Å². The van der Waals surface area contributed by atoms with Gasteiger partial charge in [-0.3, -0.25) is 0 Å². The van der Waals surface area contributed by atoms with Crippen molar-refractivity contribution in [2.24, 2.45) is 0 Å². The molecule has 0 saturated heterocycles. The molecule has 4 nitrogen and oxygen atoms in total. The minimum absolute atomic E-state index is 0.263. The van der Waals surface area contributed by atoms with Gasteiger partial charge in [0.25, 0.3) is 0 Å². The highest BCUT2D eigenvalue weighted by atomic mass is 16.2. The zero-order chi connectivity index (χ0) is 18.6. The third-order valence-electron chi connectivity index (χ3n) is 4.57. The zero-order valence-electron chi connectivity index (χ0n) is 14.5. The maximum Gasteiger partial charge on any atom is 0.320 e. The van der Waals surface area contributed by atoms with Gasteiger partial charge in [-0.2, -0.15) is 5.26 Å². The first-order valence-electron chi connectivity index (χ1n) is 8.69. The Balaban J connectivity index is 1.96. The average molecular weight is 351 g/mol. The van der Waals surface area contributed by atoms with Crippen molar-refractivity contribution in [2.45, 2.75) is 6.04 Å². The molecule has 2 N–H and O–H groups in total. The van der Waals surface area contributed by atoms with Gasteiger partial charge in [0.15, 0.2) is 0 Å². The molecule has 1 unspecified atom stereocenters. The summed E-state index contributed by atoms with van der Waals surface area (Å²) in [5.74, 6) is 0. The summed E-state index contributed by atoms with van der Waals surface area (Å²) in [5, 5.41) is 15.3. The average Bonchev–Trinajstić information content (AvgIpc) is 2.74. The van der Waals surface area contributed by atoms with Crippen LogP contribution < -0.4 is 10.6 Å². The number of hydrogen-bond donors (Lipinski definition) is 2. The molecule has 0 saturated carbocycles. The van der Waals surface area contributed by atoms with Crippen molar-refractivity contribution in [1.82, 2.24) is 10.6 Å². The summed E-state index contributed by atoms with van der Waals surface area (Å²) >= 11 is 0. The van der Waals surface area contributed by atoms with Crippen LogP contribution in [0.3, 0.4) is 0 Å². The van der Waals surface area contributed by atoms with E-state index >= 15 is 0 Å². The monoisotopic (exact) mass is 351 g/mol. The van der Waals surface area contributed by atoms with Gasteiger partial charge < -0.3 is 10.6 Å². The van der Waals surface area contributed by atoms with Crippen LogP contribution in [0.15, 0.2) is 84.9 Å². The maximum atomic E-state index is 12.4. The van der Waals surface area contributed by atoms with Gasteiger partial charge in [-0.05, 0) is 28.8 Å². The van der Waals surface area contributed by atoms with Gasteiger partial charge in [0, 0.05) is 5.57 Å². The molecule has 1 aliphatic heterocycles. The lowest BCUT2D eigenvalue weighted by atomic mass is 9.87. The van der Waals surface area contributed by atoms with Crippen molar-refractivity contribution in [3.63, 3.8) is 0 Å². The Morgan fingerprint density at radius 3 is 2.15 bits per heavy atom. The Bertz CT molecular complexity index is 1050. The van der Waals surface area contributed by atoms with E-state index in [1.165, 1.54) is 0 Å². The first kappa shape index (κ1) is 16.6. The Hall–Kier alpha value is -3.84. The Morgan fingerprint density at radius 2 is 1.48 bits per heavy atom. The van der Waals surface area contributed by atoms with Gasteiger partial charge in [0.2, 0.25) is 0 Å². The normalized spacial score (nSPS) is 16.3. The highest BCUT2D eigenvalue weighted by Crippen LogP contribution is 2.37. The highest BCUT2D eigenvalue weighted by molar-refractivity contribution is 6.03. The van der Waals surface area contributed by atoms with Gasteiger partial charge in [0.1, 0.15) is 0 Å². The fourth-order valence-electron chi connectivity index (χ4n) is 3.36. The summed E-state index contributed by atoms with van der Waals surface area (Å²) in [7, 11) is 0. The van der Waals surface area contributed by atoms with Crippen LogP contribution >= 0.6 is 0 Å². The maximum absolute atomic E-state index is 12.4. The molecule has 0 spiro atoms. The Kier molecular flexibility index (Phi) is 4.42. The molecule has 2 amide bonds. The van der Waals surface area contributed by atoms with E-state index in [-0.39, 0.29) is 12.1 Å². The quantitative estimate of drug-likeness (QED) is 0.731. The molecule has 0 bridgehead atoms. The highest BCUT2D eigenvalue weighted by Gasteiger charge is 2.30. The van der Waals surface area contributed by atoms with Crippen molar-refractivity contribution in [3.05, 3.63) is 107 Å². The molecule has 4 heteroatoms. The number of benzene rings is 3. The van der Waals surface area contributed by atoms with Crippen LogP contribution in [0, 0.1) is 11.3 Å². The van der Waals surface area contributed by atoms with E-state index in [2.05, 4.69) is 16.7 Å². The predicted octanol–water partition coefficient (Wildman–Crippen LogP) is 4.48. The van der Waals surface area contributed by atoms with Crippen LogP contribution in [-0.2, 0) is 0 Å². The Labute approximate surface area is 157 Å². The second-order valence-electron chi connectivity index (χ2n) is 6.29. The zero-order valence-corrected chi connectivity index (χ0v) is 14.5. The summed E-state index contributed by atoms with van der Waals surface area (Å²) in [6.45, 7) is 0. The molecule has 0 radical (unpaired) electrons. The van der Waals surface area contributed by atoms with Crippen LogP contribution in [0.1, 0.15) is 28.3 Å². The summed E-state index contributed by atoms with van der Waals surface area (Å²) in [5.41, 5.74) is 5.13. The molecule has 3 aromatic rings. The standard InChI is InChI=1S/C23H17N3O/c24-15-16-8-7-13-19(14-16)22-20(17-9-3-1-4-10-17)21(25-23(27)26-22)18-11-5-2-6-12-18/h1-14,22H,(H2,25,26,27). The van der Waals surface area contributed by atoms with Gasteiger partial charge in [0.05, 0.1) is 23.4 Å². The smallest absolute Gasteiger partial charge is 0.320 e. The van der Waals surface area contributed by atoms with Crippen LogP contribution in [0.2, 0.25) is 0 Å². The molecule has 0 aliphatic carbocycles. The minimum Gasteiger partial charge on any atom is -0.327 e. The number of amides is 2. The number of hydrogen-bond acceptors (Lipinski definition) is 2. The summed E-state index contributed by atoms with van der Waals surface area (Å²) in [6.07, 6.45) is 0. The fourth-order valence-corrected chi connectivity index (χ4v) is 3.36. The molecule has 1 atom stereocenters. The number of nitrogens with zero attached hydrogens (tertiary/aromatic N) is 1. The van der Waals surface area contributed by atoms with E-state index in [4.69, 9.17) is 0 Å². The fraction of sp³-hybridized carbons (Fsp3) is 0.0435. The molecule has 1 aliphatic rings. The second-order valence-corrected chi connectivity index (χ2v) is 6.29. The molecule has 4 rings (SSSR count). The van der Waals surface area contributed by atoms with Gasteiger partial charge >= 0.3 is 6.03 Å². The first-order chi connectivity index (χ1) is 13.3. The number of urea groups is 1. The van der Waals surface area contributed by atoms with Crippen LogP contribution in [0.25, 0.3) is 11.3 Å². The van der Waals surface area contributed by atoms with Crippen molar-refractivity contribution >= 4 is 17.3 Å². The first-order valence-corrected chi connectivity index (χ1v) is 8.69. The molecular weight excluding hydrogens is 334 g/mol.